The average Bonchev–Trinajstić information content (AvgIpc) is 2.43. The lowest BCUT2D eigenvalue weighted by atomic mass is 10.1. The highest BCUT2D eigenvalue weighted by molar-refractivity contribution is 7.99. The molecule has 2 N–H and O–H groups in total. The van der Waals surface area contributed by atoms with E-state index in [4.69, 9.17) is 0 Å². The van der Waals surface area contributed by atoms with Crippen molar-refractivity contribution in [3.05, 3.63) is 29.3 Å². The van der Waals surface area contributed by atoms with Crippen LogP contribution in [0.2, 0.25) is 0 Å². The molecule has 2 rings (SSSR count). The summed E-state index contributed by atoms with van der Waals surface area (Å²) in [6, 6.07) is 5.17. The van der Waals surface area contributed by atoms with E-state index < -0.39 is 12.0 Å². The zero-order valence-corrected chi connectivity index (χ0v) is 13.1. The molecule has 0 aliphatic carbocycles. The van der Waals surface area contributed by atoms with Crippen LogP contribution in [-0.4, -0.2) is 52.5 Å². The maximum Gasteiger partial charge on any atom is 0.321 e. The molecule has 1 heterocycles. The summed E-state index contributed by atoms with van der Waals surface area (Å²) in [6.45, 7) is 4.75. The Bertz CT molecular complexity index is 548. The van der Waals surface area contributed by atoms with Gasteiger partial charge in [0.2, 0.25) is 5.91 Å². The number of carbonyl (C=O) groups excluding carboxylic acids is 1. The molecule has 6 heteroatoms. The van der Waals surface area contributed by atoms with E-state index >= 15 is 0 Å². The van der Waals surface area contributed by atoms with Gasteiger partial charge in [0.15, 0.2) is 0 Å². The second-order valence-electron chi connectivity index (χ2n) is 5.25. The Kier molecular flexibility index (Phi) is 5.25. The molecule has 21 heavy (non-hydrogen) atoms. The summed E-state index contributed by atoms with van der Waals surface area (Å²) in [6.07, 6.45) is 0. The van der Waals surface area contributed by atoms with Crippen molar-refractivity contribution in [2.45, 2.75) is 19.9 Å². The van der Waals surface area contributed by atoms with Crippen molar-refractivity contribution in [3.63, 3.8) is 0 Å². The van der Waals surface area contributed by atoms with Gasteiger partial charge in [-0.2, -0.15) is 11.8 Å². The largest absolute Gasteiger partial charge is 0.480 e. The van der Waals surface area contributed by atoms with E-state index in [9.17, 15) is 14.7 Å². The molecule has 114 valence electrons. The zero-order chi connectivity index (χ0) is 15.4. The summed E-state index contributed by atoms with van der Waals surface area (Å²) in [4.78, 5) is 25.0. The molecule has 1 aliphatic heterocycles. The predicted molar refractivity (Wildman–Crippen MR) is 84.9 cm³/mol. The van der Waals surface area contributed by atoms with Gasteiger partial charge >= 0.3 is 5.97 Å². The first-order valence-corrected chi connectivity index (χ1v) is 8.04. The molecule has 5 nitrogen and oxygen atoms in total. The highest BCUT2D eigenvalue weighted by Gasteiger charge is 2.30. The van der Waals surface area contributed by atoms with Crippen molar-refractivity contribution in [2.75, 3.05) is 29.9 Å². The van der Waals surface area contributed by atoms with E-state index in [1.807, 2.05) is 32.0 Å². The van der Waals surface area contributed by atoms with Crippen LogP contribution in [-0.2, 0) is 9.59 Å². The van der Waals surface area contributed by atoms with Crippen LogP contribution >= 0.6 is 11.8 Å². The quantitative estimate of drug-likeness (QED) is 0.887. The highest BCUT2D eigenvalue weighted by Crippen LogP contribution is 2.17. The number of benzene rings is 1. The Morgan fingerprint density at radius 1 is 1.38 bits per heavy atom. The van der Waals surface area contributed by atoms with Crippen LogP contribution in [0.15, 0.2) is 18.2 Å². The number of thioether (sulfide) groups is 1. The van der Waals surface area contributed by atoms with Crippen LogP contribution < -0.4 is 5.32 Å². The molecule has 1 atom stereocenters. The van der Waals surface area contributed by atoms with Gasteiger partial charge in [0.05, 0.1) is 6.54 Å². The fraction of sp³-hybridized carbons (Fsp3) is 0.467. The highest BCUT2D eigenvalue weighted by atomic mass is 32.2. The van der Waals surface area contributed by atoms with E-state index in [0.29, 0.717) is 12.3 Å². The number of amides is 1. The van der Waals surface area contributed by atoms with Crippen molar-refractivity contribution in [1.82, 2.24) is 4.90 Å². The van der Waals surface area contributed by atoms with Crippen LogP contribution in [0.3, 0.4) is 0 Å². The van der Waals surface area contributed by atoms with Gasteiger partial charge < -0.3 is 10.4 Å². The fourth-order valence-electron chi connectivity index (χ4n) is 2.26. The smallest absolute Gasteiger partial charge is 0.321 e. The van der Waals surface area contributed by atoms with Gasteiger partial charge in [0.25, 0.3) is 0 Å². The lowest BCUT2D eigenvalue weighted by Gasteiger charge is -2.31. The summed E-state index contributed by atoms with van der Waals surface area (Å²) in [5, 5.41) is 12.0. The number of hydrogen-bond acceptors (Lipinski definition) is 4. The third kappa shape index (κ3) is 4.22. The number of carbonyl (C=O) groups is 2. The summed E-state index contributed by atoms with van der Waals surface area (Å²) in [5.41, 5.74) is 3.04. The molecule has 1 aromatic rings. The Balaban J connectivity index is 1.97. The predicted octanol–water partition coefficient (Wildman–Crippen LogP) is 1.74. The molecule has 0 aromatic heterocycles. The third-order valence-corrected chi connectivity index (χ3v) is 4.68. The zero-order valence-electron chi connectivity index (χ0n) is 12.3. The van der Waals surface area contributed by atoms with E-state index in [2.05, 4.69) is 5.32 Å². The average molecular weight is 308 g/mol. The molecule has 1 amide bonds. The van der Waals surface area contributed by atoms with Gasteiger partial charge in [0, 0.05) is 23.7 Å². The SMILES string of the molecule is Cc1ccc(NC(=O)CN2CCSCC2C(=O)O)cc1C. The first kappa shape index (κ1) is 15.9. The van der Waals surface area contributed by atoms with Crippen molar-refractivity contribution in [1.29, 1.82) is 0 Å². The van der Waals surface area contributed by atoms with Gasteiger partial charge in [-0.3, -0.25) is 14.5 Å². The number of rotatable bonds is 4. The van der Waals surface area contributed by atoms with E-state index in [0.717, 1.165) is 17.0 Å². The lowest BCUT2D eigenvalue weighted by molar-refractivity contribution is -0.142. The summed E-state index contributed by atoms with van der Waals surface area (Å²) >= 11 is 1.62. The fourth-order valence-corrected chi connectivity index (χ4v) is 3.37. The van der Waals surface area contributed by atoms with Crippen LogP contribution in [0.25, 0.3) is 0 Å². The Hall–Kier alpha value is -1.53. The molecule has 0 bridgehead atoms. The topological polar surface area (TPSA) is 69.6 Å². The number of hydrogen-bond donors (Lipinski definition) is 2. The van der Waals surface area contributed by atoms with Crippen LogP contribution in [0.1, 0.15) is 11.1 Å². The lowest BCUT2D eigenvalue weighted by Crippen LogP contribution is -2.50. The van der Waals surface area contributed by atoms with Crippen LogP contribution in [0, 0.1) is 13.8 Å². The molecule has 0 saturated carbocycles. The third-order valence-electron chi connectivity index (χ3n) is 3.66. The number of nitrogens with zero attached hydrogens (tertiary/aromatic N) is 1. The Labute approximate surface area is 128 Å². The first-order chi connectivity index (χ1) is 9.97. The van der Waals surface area contributed by atoms with Gasteiger partial charge in [0.1, 0.15) is 6.04 Å². The van der Waals surface area contributed by atoms with Crippen molar-refractivity contribution >= 4 is 29.3 Å². The number of nitrogens with one attached hydrogen (secondary N) is 1. The Morgan fingerprint density at radius 2 is 2.14 bits per heavy atom. The van der Waals surface area contributed by atoms with Crippen molar-refractivity contribution in [2.24, 2.45) is 0 Å². The number of anilines is 1. The van der Waals surface area contributed by atoms with Crippen LogP contribution in [0.5, 0.6) is 0 Å². The normalized spacial score (nSPS) is 19.2. The molecule has 0 spiro atoms. The summed E-state index contributed by atoms with van der Waals surface area (Å²) < 4.78 is 0. The maximum absolute atomic E-state index is 12.1. The monoisotopic (exact) mass is 308 g/mol. The van der Waals surface area contributed by atoms with Gasteiger partial charge in [-0.1, -0.05) is 6.07 Å². The van der Waals surface area contributed by atoms with Crippen molar-refractivity contribution < 1.29 is 14.7 Å². The standard InChI is InChI=1S/C15H20N2O3S/c1-10-3-4-12(7-11(10)2)16-14(18)8-17-5-6-21-9-13(17)15(19)20/h3-4,7,13H,5-6,8-9H2,1-2H3,(H,16,18)(H,19,20). The van der Waals surface area contributed by atoms with E-state index in [1.54, 1.807) is 16.7 Å². The minimum Gasteiger partial charge on any atom is -0.480 e. The number of carboxylic acids is 1. The molecule has 1 aromatic carbocycles. The van der Waals surface area contributed by atoms with Gasteiger partial charge in [-0.25, -0.2) is 0 Å². The molecule has 1 unspecified atom stereocenters. The molecular formula is C15H20N2O3S. The minimum atomic E-state index is -0.860. The van der Waals surface area contributed by atoms with E-state index in [1.165, 1.54) is 5.56 Å². The number of aryl methyl sites for hydroxylation is 2. The van der Waals surface area contributed by atoms with E-state index in [-0.39, 0.29) is 12.5 Å². The molecule has 1 aliphatic rings. The number of carboxylic acid groups (broad SMARTS) is 1. The molecule has 0 radical (unpaired) electrons. The van der Waals surface area contributed by atoms with Gasteiger partial charge in [-0.05, 0) is 37.1 Å². The minimum absolute atomic E-state index is 0.116. The molecule has 1 saturated heterocycles. The van der Waals surface area contributed by atoms with Crippen molar-refractivity contribution in [3.8, 4) is 0 Å². The summed E-state index contributed by atoms with van der Waals surface area (Å²) in [7, 11) is 0. The second kappa shape index (κ2) is 6.95. The molecular weight excluding hydrogens is 288 g/mol. The van der Waals surface area contributed by atoms with Crippen LogP contribution in [0.4, 0.5) is 5.69 Å². The molecule has 1 fully saturated rings. The first-order valence-electron chi connectivity index (χ1n) is 6.89. The van der Waals surface area contributed by atoms with Gasteiger partial charge in [-0.15, -0.1) is 0 Å². The Morgan fingerprint density at radius 3 is 2.81 bits per heavy atom. The number of aliphatic carboxylic acids is 1. The second-order valence-corrected chi connectivity index (χ2v) is 6.40. The summed E-state index contributed by atoms with van der Waals surface area (Å²) in [5.74, 6) is 0.366. The maximum atomic E-state index is 12.1.